The summed E-state index contributed by atoms with van der Waals surface area (Å²) >= 11 is 0. The van der Waals surface area contributed by atoms with Crippen molar-refractivity contribution in [3.05, 3.63) is 46.7 Å². The summed E-state index contributed by atoms with van der Waals surface area (Å²) in [5.74, 6) is -1.01. The van der Waals surface area contributed by atoms with E-state index in [0.717, 1.165) is 7.11 Å². The van der Waals surface area contributed by atoms with Gasteiger partial charge in [-0.05, 0) is 23.8 Å². The van der Waals surface area contributed by atoms with Gasteiger partial charge in [-0.15, -0.1) is 0 Å². The van der Waals surface area contributed by atoms with Crippen LogP contribution in [-0.4, -0.2) is 18.0 Å². The zero-order valence-corrected chi connectivity index (χ0v) is 8.10. The summed E-state index contributed by atoms with van der Waals surface area (Å²) in [6.45, 7) is 2.85. The van der Waals surface area contributed by atoms with Gasteiger partial charge < -0.3 is 4.74 Å². The van der Waals surface area contributed by atoms with E-state index in [4.69, 9.17) is 0 Å². The first kappa shape index (κ1) is 10.9. The minimum atomic E-state index is -1.01. The Hall–Kier alpha value is -2.17. The van der Waals surface area contributed by atoms with Crippen LogP contribution in [0, 0.1) is 10.1 Å². The van der Waals surface area contributed by atoms with Gasteiger partial charge in [0, 0.05) is 0 Å². The van der Waals surface area contributed by atoms with Crippen LogP contribution in [-0.2, 0) is 9.53 Å². The van der Waals surface area contributed by atoms with Crippen molar-refractivity contribution in [1.29, 1.82) is 0 Å². The number of nitrogens with zero attached hydrogens (tertiary/aromatic N) is 1. The number of carbonyl (C=O) groups is 1. The van der Waals surface area contributed by atoms with Gasteiger partial charge >= 0.3 is 11.7 Å². The number of hydrogen-bond donors (Lipinski definition) is 0. The van der Waals surface area contributed by atoms with E-state index in [2.05, 4.69) is 35.6 Å². The highest BCUT2D eigenvalue weighted by atomic mass is 16.6. The predicted molar refractivity (Wildman–Crippen MR) is 53.6 cm³/mol. The Morgan fingerprint density at radius 1 is 1.47 bits per heavy atom. The number of ether oxygens (including phenoxy) is 1. The molecule has 0 fully saturated rings. The summed E-state index contributed by atoms with van der Waals surface area (Å²) in [6.07, 6.45) is 0. The van der Waals surface area contributed by atoms with E-state index in [9.17, 15) is 14.9 Å². The fourth-order valence-corrected chi connectivity index (χ4v) is 0.868. The van der Waals surface area contributed by atoms with Gasteiger partial charge in [-0.2, -0.15) is 0 Å². The van der Waals surface area contributed by atoms with Crippen LogP contribution >= 0.6 is 0 Å². The molecule has 78 valence electrons. The Morgan fingerprint density at radius 2 is 2.00 bits per heavy atom. The highest BCUT2D eigenvalue weighted by Crippen LogP contribution is 2.32. The van der Waals surface area contributed by atoms with E-state index in [1.54, 1.807) is 0 Å². The molecule has 15 heavy (non-hydrogen) atoms. The molecule has 0 aliphatic heterocycles. The molecular weight excluding hydrogens is 198 g/mol. The van der Waals surface area contributed by atoms with Crippen LogP contribution in [0.15, 0.2) is 36.5 Å². The minimum Gasteiger partial charge on any atom is -0.461 e. The summed E-state index contributed by atoms with van der Waals surface area (Å²) in [5.41, 5.74) is 2.10. The number of fused-ring (bicyclic) bond motifs is 1. The second kappa shape index (κ2) is 4.36. The third-order valence-electron chi connectivity index (χ3n) is 1.75. The third-order valence-corrected chi connectivity index (χ3v) is 1.75. The summed E-state index contributed by atoms with van der Waals surface area (Å²) in [6, 6.07) is 8.48. The number of nitro groups is 1. The molecule has 5 nitrogen and oxygen atoms in total. The van der Waals surface area contributed by atoms with Gasteiger partial charge in [-0.3, -0.25) is 10.1 Å². The Bertz CT molecular complexity index is 408. The van der Waals surface area contributed by atoms with Crippen LogP contribution in [0.5, 0.6) is 0 Å². The molecule has 0 spiro atoms. The largest absolute Gasteiger partial charge is 0.461 e. The lowest BCUT2D eigenvalue weighted by Gasteiger charge is -1.90. The number of methoxy groups -OCH3 is 1. The first-order valence-electron chi connectivity index (χ1n) is 4.08. The van der Waals surface area contributed by atoms with E-state index in [-0.39, 0.29) is 0 Å². The number of rotatable bonds is 2. The molecule has 0 radical (unpaired) electrons. The van der Waals surface area contributed by atoms with Gasteiger partial charge in [0.15, 0.2) is 0 Å². The fourth-order valence-electron chi connectivity index (χ4n) is 0.868. The molecule has 0 heterocycles. The van der Waals surface area contributed by atoms with Crippen molar-refractivity contribution >= 4 is 5.97 Å². The first-order valence-corrected chi connectivity index (χ1v) is 4.08. The predicted octanol–water partition coefficient (Wildman–Crippen LogP) is 1.62. The number of esters is 1. The van der Waals surface area contributed by atoms with Crippen molar-refractivity contribution in [3.8, 4) is 11.1 Å². The molecule has 0 N–H and O–H groups in total. The summed E-state index contributed by atoms with van der Waals surface area (Å²) in [4.78, 5) is 19.0. The number of carbonyl (C=O) groups excluding carboxylic acids is 1. The van der Waals surface area contributed by atoms with Crippen molar-refractivity contribution in [3.63, 3.8) is 0 Å². The van der Waals surface area contributed by atoms with Gasteiger partial charge in [0.1, 0.15) is 0 Å². The molecule has 0 atom stereocenters. The normalized spacial score (nSPS) is 9.40. The Morgan fingerprint density at radius 3 is 2.13 bits per heavy atom. The summed E-state index contributed by atoms with van der Waals surface area (Å²) in [7, 11) is 1.05. The van der Waals surface area contributed by atoms with Gasteiger partial charge in [0.2, 0.25) is 0 Å². The Balaban J connectivity index is 0.000000158. The third kappa shape index (κ3) is 2.91. The lowest BCUT2D eigenvalue weighted by atomic mass is 10.5. The van der Waals surface area contributed by atoms with Crippen molar-refractivity contribution in [2.75, 3.05) is 7.11 Å². The van der Waals surface area contributed by atoms with Crippen molar-refractivity contribution < 1.29 is 14.5 Å². The molecule has 0 amide bonds. The standard InChI is InChI=1S/C6H4.C4H5NO4/c1-2-5-4-6(5)3-1;1-3(5(7)8)4(6)9-2/h1-4H;1H2,2H3. The first-order chi connectivity index (χ1) is 7.06. The van der Waals surface area contributed by atoms with Crippen molar-refractivity contribution in [1.82, 2.24) is 0 Å². The monoisotopic (exact) mass is 207 g/mol. The Labute approximate surface area is 86.1 Å². The van der Waals surface area contributed by atoms with Gasteiger partial charge in [0.05, 0.1) is 12.0 Å². The maximum Gasteiger partial charge on any atom is 0.408 e. The van der Waals surface area contributed by atoms with E-state index in [1.807, 2.05) is 0 Å². The molecule has 0 aromatic rings. The van der Waals surface area contributed by atoms with E-state index in [1.165, 1.54) is 11.1 Å². The molecule has 0 unspecified atom stereocenters. The lowest BCUT2D eigenvalue weighted by molar-refractivity contribution is -0.420. The highest BCUT2D eigenvalue weighted by Gasteiger charge is 2.17. The molecule has 2 aliphatic rings. The van der Waals surface area contributed by atoms with E-state index < -0.39 is 16.6 Å². The Kier molecular flexibility index (Phi) is 3.17. The second-order valence-corrected chi connectivity index (χ2v) is 2.78. The van der Waals surface area contributed by atoms with Gasteiger partial charge in [-0.25, -0.2) is 4.79 Å². The second-order valence-electron chi connectivity index (χ2n) is 2.78. The maximum absolute atomic E-state index is 10.2. The average Bonchev–Trinajstić information content (AvgIpc) is 2.84. The van der Waals surface area contributed by atoms with Gasteiger partial charge in [-0.1, -0.05) is 18.2 Å². The molecule has 0 aromatic carbocycles. The van der Waals surface area contributed by atoms with Crippen LogP contribution in [0.2, 0.25) is 0 Å². The van der Waals surface area contributed by atoms with Crippen LogP contribution in [0.25, 0.3) is 11.1 Å². The lowest BCUT2D eigenvalue weighted by Crippen LogP contribution is -2.10. The van der Waals surface area contributed by atoms with Gasteiger partial charge in [0.25, 0.3) is 0 Å². The van der Waals surface area contributed by atoms with E-state index in [0.29, 0.717) is 0 Å². The quantitative estimate of drug-likeness (QED) is 0.324. The molecule has 0 bridgehead atoms. The van der Waals surface area contributed by atoms with Crippen molar-refractivity contribution in [2.24, 2.45) is 0 Å². The van der Waals surface area contributed by atoms with E-state index >= 15 is 0 Å². The molecule has 5 heteroatoms. The number of benzene rings is 1. The molecule has 2 rings (SSSR count). The molecule has 0 aromatic heterocycles. The average molecular weight is 207 g/mol. The van der Waals surface area contributed by atoms with Crippen LogP contribution in [0.4, 0.5) is 0 Å². The summed E-state index contributed by atoms with van der Waals surface area (Å²) < 4.78 is 3.99. The SMILES string of the molecule is C=C(C(=O)OC)[N+](=O)[O-].c1cc2cc-2c1. The zero-order valence-electron chi connectivity index (χ0n) is 8.10. The van der Waals surface area contributed by atoms with Crippen molar-refractivity contribution in [2.45, 2.75) is 0 Å². The highest BCUT2D eigenvalue weighted by molar-refractivity contribution is 5.84. The molecule has 0 saturated heterocycles. The smallest absolute Gasteiger partial charge is 0.408 e. The fraction of sp³-hybridized carbons (Fsp3) is 0.100. The molecule has 0 saturated carbocycles. The van der Waals surface area contributed by atoms with Crippen LogP contribution < -0.4 is 0 Å². The van der Waals surface area contributed by atoms with Crippen LogP contribution in [0.3, 0.4) is 0 Å². The minimum absolute atomic E-state index is 0.752. The topological polar surface area (TPSA) is 69.4 Å². The van der Waals surface area contributed by atoms with Crippen LogP contribution in [0.1, 0.15) is 0 Å². The molecular formula is C10H9NO4. The maximum atomic E-state index is 10.2. The molecule has 2 aliphatic carbocycles. The number of hydrogen-bond acceptors (Lipinski definition) is 4. The zero-order chi connectivity index (χ0) is 11.4. The summed E-state index contributed by atoms with van der Waals surface area (Å²) in [5, 5.41) is 9.70.